The average molecular weight is 363 g/mol. The summed E-state index contributed by atoms with van der Waals surface area (Å²) in [5, 5.41) is 3.45. The Morgan fingerprint density at radius 3 is 2.50 bits per heavy atom. The van der Waals surface area contributed by atoms with Crippen LogP contribution in [0.4, 0.5) is 0 Å². The molecule has 0 heterocycles. The van der Waals surface area contributed by atoms with Gasteiger partial charge in [0.25, 0.3) is 0 Å². The monoisotopic (exact) mass is 363 g/mol. The van der Waals surface area contributed by atoms with Crippen LogP contribution in [0.2, 0.25) is 0 Å². The van der Waals surface area contributed by atoms with Crippen molar-refractivity contribution in [1.82, 2.24) is 5.32 Å². The van der Waals surface area contributed by atoms with Crippen molar-refractivity contribution in [2.24, 2.45) is 0 Å². The number of hydrogen-bond acceptors (Lipinski definition) is 3. The number of ether oxygens (including phenoxy) is 2. The van der Waals surface area contributed by atoms with Gasteiger partial charge in [0.2, 0.25) is 0 Å². The van der Waals surface area contributed by atoms with Crippen molar-refractivity contribution in [2.75, 3.05) is 25.2 Å². The van der Waals surface area contributed by atoms with Crippen LogP contribution in [0.25, 0.3) is 0 Å². The van der Waals surface area contributed by atoms with E-state index in [4.69, 9.17) is 9.47 Å². The molecule has 0 atom stereocenters. The van der Waals surface area contributed by atoms with Gasteiger partial charge >= 0.3 is 0 Å². The summed E-state index contributed by atoms with van der Waals surface area (Å²) < 4.78 is 11.8. The molecule has 1 rings (SSSR count). The van der Waals surface area contributed by atoms with Crippen molar-refractivity contribution < 1.29 is 9.47 Å². The van der Waals surface area contributed by atoms with Crippen LogP contribution < -0.4 is 14.8 Å². The zero-order chi connectivity index (χ0) is 13.2. The van der Waals surface area contributed by atoms with E-state index in [2.05, 4.69) is 34.0 Å². The van der Waals surface area contributed by atoms with Crippen molar-refractivity contribution in [3.63, 3.8) is 0 Å². The number of hydrogen-bond donors (Lipinski definition) is 1. The van der Waals surface area contributed by atoms with E-state index in [-0.39, 0.29) is 0 Å². The smallest absolute Gasteiger partial charge is 0.161 e. The minimum Gasteiger partial charge on any atom is -0.493 e. The first-order valence-electron chi connectivity index (χ1n) is 6.29. The molecule has 1 N–H and O–H groups in total. The van der Waals surface area contributed by atoms with Crippen LogP contribution in [-0.4, -0.2) is 25.2 Å². The third-order valence-corrected chi connectivity index (χ3v) is 3.53. The molecule has 0 radical (unpaired) electrons. The third kappa shape index (κ3) is 5.44. The SMILES string of the molecule is COc1ccc(CNCCCCCI)cc1OC. The van der Waals surface area contributed by atoms with E-state index in [1.165, 1.54) is 29.3 Å². The van der Waals surface area contributed by atoms with Gasteiger partial charge in [-0.15, -0.1) is 0 Å². The second-order valence-corrected chi connectivity index (χ2v) is 5.19. The first-order valence-corrected chi connectivity index (χ1v) is 7.82. The average Bonchev–Trinajstić information content (AvgIpc) is 2.42. The Kier molecular flexibility index (Phi) is 8.17. The normalized spacial score (nSPS) is 10.4. The lowest BCUT2D eigenvalue weighted by atomic mass is 10.2. The molecule has 0 unspecified atom stereocenters. The predicted octanol–water partition coefficient (Wildman–Crippen LogP) is 3.40. The highest BCUT2D eigenvalue weighted by atomic mass is 127. The third-order valence-electron chi connectivity index (χ3n) is 2.76. The molecule has 102 valence electrons. The minimum absolute atomic E-state index is 0.781. The van der Waals surface area contributed by atoms with Crippen molar-refractivity contribution in [2.45, 2.75) is 25.8 Å². The molecule has 3 nitrogen and oxygen atoms in total. The molecule has 0 saturated heterocycles. The fraction of sp³-hybridized carbons (Fsp3) is 0.571. The topological polar surface area (TPSA) is 30.5 Å². The van der Waals surface area contributed by atoms with Crippen molar-refractivity contribution >= 4 is 22.6 Å². The standard InChI is InChI=1S/C14H22INO2/c1-17-13-7-6-12(10-14(13)18-2)11-16-9-5-3-4-8-15/h6-7,10,16H,3-5,8-9,11H2,1-2H3. The molecule has 0 fully saturated rings. The van der Waals surface area contributed by atoms with Gasteiger partial charge in [0.15, 0.2) is 11.5 Å². The van der Waals surface area contributed by atoms with E-state index in [1.54, 1.807) is 14.2 Å². The summed E-state index contributed by atoms with van der Waals surface area (Å²) in [7, 11) is 3.32. The maximum absolute atomic E-state index is 5.28. The molecule has 0 aliphatic rings. The summed E-state index contributed by atoms with van der Waals surface area (Å²) in [4.78, 5) is 0. The van der Waals surface area contributed by atoms with E-state index in [1.807, 2.05) is 12.1 Å². The number of rotatable bonds is 9. The number of halogens is 1. The van der Waals surface area contributed by atoms with Crippen LogP contribution in [0.15, 0.2) is 18.2 Å². The quantitative estimate of drug-likeness (QED) is 0.415. The highest BCUT2D eigenvalue weighted by Crippen LogP contribution is 2.27. The van der Waals surface area contributed by atoms with Gasteiger partial charge in [-0.05, 0) is 41.5 Å². The maximum atomic E-state index is 5.28. The second-order valence-electron chi connectivity index (χ2n) is 4.12. The first kappa shape index (κ1) is 15.6. The fourth-order valence-electron chi connectivity index (χ4n) is 1.74. The van der Waals surface area contributed by atoms with E-state index in [0.29, 0.717) is 0 Å². The summed E-state index contributed by atoms with van der Waals surface area (Å²) >= 11 is 2.43. The van der Waals surface area contributed by atoms with Crippen molar-refractivity contribution in [3.05, 3.63) is 23.8 Å². The molecule has 18 heavy (non-hydrogen) atoms. The van der Waals surface area contributed by atoms with Gasteiger partial charge in [0.1, 0.15) is 0 Å². The molecule has 0 bridgehead atoms. The lowest BCUT2D eigenvalue weighted by Gasteiger charge is -2.10. The van der Waals surface area contributed by atoms with Gasteiger partial charge in [-0.1, -0.05) is 35.1 Å². The van der Waals surface area contributed by atoms with Crippen LogP contribution in [0.3, 0.4) is 0 Å². The number of benzene rings is 1. The second kappa shape index (κ2) is 9.44. The Labute approximate surface area is 123 Å². The molecule has 1 aromatic carbocycles. The highest BCUT2D eigenvalue weighted by molar-refractivity contribution is 14.1. The number of alkyl halides is 1. The minimum atomic E-state index is 0.781. The van der Waals surface area contributed by atoms with Crippen LogP contribution in [0.1, 0.15) is 24.8 Å². The van der Waals surface area contributed by atoms with Gasteiger partial charge in [0.05, 0.1) is 14.2 Å². The summed E-state index contributed by atoms with van der Waals surface area (Å²) in [5.41, 5.74) is 1.22. The zero-order valence-corrected chi connectivity index (χ0v) is 13.3. The van der Waals surface area contributed by atoms with Crippen LogP contribution in [0, 0.1) is 0 Å². The number of unbranched alkanes of at least 4 members (excludes halogenated alkanes) is 2. The fourth-order valence-corrected chi connectivity index (χ4v) is 2.28. The van der Waals surface area contributed by atoms with E-state index in [9.17, 15) is 0 Å². The summed E-state index contributed by atoms with van der Waals surface area (Å²) in [6.45, 7) is 1.95. The highest BCUT2D eigenvalue weighted by Gasteiger charge is 2.03. The molecule has 0 aliphatic heterocycles. The number of methoxy groups -OCH3 is 2. The zero-order valence-electron chi connectivity index (χ0n) is 11.2. The molecule has 0 spiro atoms. The summed E-state index contributed by atoms with van der Waals surface area (Å²) in [6, 6.07) is 6.04. The van der Waals surface area contributed by atoms with Gasteiger partial charge in [-0.25, -0.2) is 0 Å². The molecule has 4 heteroatoms. The largest absolute Gasteiger partial charge is 0.493 e. The lowest BCUT2D eigenvalue weighted by Crippen LogP contribution is -2.14. The van der Waals surface area contributed by atoms with Gasteiger partial charge in [-0.3, -0.25) is 0 Å². The van der Waals surface area contributed by atoms with Crippen molar-refractivity contribution in [3.8, 4) is 11.5 Å². The molecule has 0 amide bonds. The Bertz CT molecular complexity index is 345. The van der Waals surface area contributed by atoms with E-state index < -0.39 is 0 Å². The Morgan fingerprint density at radius 2 is 1.83 bits per heavy atom. The van der Waals surface area contributed by atoms with Gasteiger partial charge in [0, 0.05) is 6.54 Å². The molecule has 0 aromatic heterocycles. The van der Waals surface area contributed by atoms with Crippen molar-refractivity contribution in [1.29, 1.82) is 0 Å². The van der Waals surface area contributed by atoms with Gasteiger partial charge in [-0.2, -0.15) is 0 Å². The summed E-state index contributed by atoms with van der Waals surface area (Å²) in [6.07, 6.45) is 3.87. The van der Waals surface area contributed by atoms with Crippen LogP contribution in [0.5, 0.6) is 11.5 Å². The maximum Gasteiger partial charge on any atom is 0.161 e. The first-order chi connectivity index (χ1) is 8.81. The van der Waals surface area contributed by atoms with Gasteiger partial charge < -0.3 is 14.8 Å². The Morgan fingerprint density at radius 1 is 1.06 bits per heavy atom. The number of nitrogens with one attached hydrogen (secondary N) is 1. The lowest BCUT2D eigenvalue weighted by molar-refractivity contribution is 0.354. The van der Waals surface area contributed by atoms with E-state index in [0.717, 1.165) is 24.6 Å². The van der Waals surface area contributed by atoms with Crippen LogP contribution in [-0.2, 0) is 6.54 Å². The molecule has 0 saturated carbocycles. The van der Waals surface area contributed by atoms with E-state index >= 15 is 0 Å². The molecule has 0 aliphatic carbocycles. The Hall–Kier alpha value is -0.490. The summed E-state index contributed by atoms with van der Waals surface area (Å²) in [5.74, 6) is 1.57. The molecular formula is C14H22INO2. The molecular weight excluding hydrogens is 341 g/mol. The molecule has 1 aromatic rings. The van der Waals surface area contributed by atoms with Crippen LogP contribution >= 0.6 is 22.6 Å². The Balaban J connectivity index is 2.34. The predicted molar refractivity (Wildman–Crippen MR) is 84.0 cm³/mol.